The van der Waals surface area contributed by atoms with Gasteiger partial charge in [-0.1, -0.05) is 24.3 Å². The average molecular weight is 374 g/mol. The van der Waals surface area contributed by atoms with E-state index in [1.54, 1.807) is 14.2 Å². The summed E-state index contributed by atoms with van der Waals surface area (Å²) in [5, 5.41) is 0. The molecule has 148 valence electrons. The molecule has 0 aliphatic carbocycles. The predicted octanol–water partition coefficient (Wildman–Crippen LogP) is 0.574. The molecule has 0 radical (unpaired) electrons. The summed E-state index contributed by atoms with van der Waals surface area (Å²) in [6, 6.07) is 14.7. The van der Waals surface area contributed by atoms with Gasteiger partial charge in [0.1, 0.15) is 11.5 Å². The summed E-state index contributed by atoms with van der Waals surface area (Å²) < 4.78 is 10.0. The van der Waals surface area contributed by atoms with Crippen molar-refractivity contribution in [2.75, 3.05) is 20.8 Å². The number of methoxy groups -OCH3 is 2. The van der Waals surface area contributed by atoms with Crippen molar-refractivity contribution < 1.29 is 14.3 Å². The van der Waals surface area contributed by atoms with Crippen LogP contribution in [-0.2, 0) is 17.6 Å². The Morgan fingerprint density at radius 3 is 1.59 bits per heavy atom. The van der Waals surface area contributed by atoms with E-state index in [-0.39, 0.29) is 6.04 Å². The van der Waals surface area contributed by atoms with Crippen LogP contribution in [0.25, 0.3) is 0 Å². The molecular formula is C20H30N4O3. The first-order valence-corrected chi connectivity index (χ1v) is 8.66. The molecule has 2 aromatic rings. The predicted molar refractivity (Wildman–Crippen MR) is 108 cm³/mol. The smallest absolute Gasteiger partial charge is 0.234 e. The van der Waals surface area contributed by atoms with E-state index < -0.39 is 11.9 Å². The Morgan fingerprint density at radius 1 is 0.852 bits per heavy atom. The van der Waals surface area contributed by atoms with E-state index in [0.29, 0.717) is 13.0 Å². The number of rotatable bonds is 8. The Bertz CT molecular complexity index is 675. The number of hydrogen-bond donors (Lipinski definition) is 4. The van der Waals surface area contributed by atoms with Crippen molar-refractivity contribution in [1.82, 2.24) is 0 Å². The second-order valence-corrected chi connectivity index (χ2v) is 6.11. The second-order valence-electron chi connectivity index (χ2n) is 6.11. The zero-order valence-corrected chi connectivity index (χ0v) is 15.9. The van der Waals surface area contributed by atoms with E-state index in [9.17, 15) is 4.79 Å². The molecule has 0 aliphatic rings. The molecular weight excluding hydrogens is 344 g/mol. The van der Waals surface area contributed by atoms with Crippen molar-refractivity contribution in [2.45, 2.75) is 24.9 Å². The van der Waals surface area contributed by atoms with Crippen LogP contribution in [-0.4, -0.2) is 38.8 Å². The molecule has 2 rings (SSSR count). The van der Waals surface area contributed by atoms with Crippen molar-refractivity contribution >= 4 is 5.91 Å². The highest BCUT2D eigenvalue weighted by molar-refractivity contribution is 5.79. The number of amides is 1. The van der Waals surface area contributed by atoms with Gasteiger partial charge in [0.2, 0.25) is 5.91 Å². The van der Waals surface area contributed by atoms with Crippen molar-refractivity contribution in [3.8, 4) is 11.5 Å². The van der Waals surface area contributed by atoms with Gasteiger partial charge in [-0.2, -0.15) is 0 Å². The lowest BCUT2D eigenvalue weighted by atomic mass is 10.1. The zero-order valence-electron chi connectivity index (χ0n) is 15.9. The maximum absolute atomic E-state index is 10.7. The van der Waals surface area contributed by atoms with Crippen LogP contribution in [0.1, 0.15) is 11.1 Å². The SMILES string of the molecule is COc1ccc(C[C@H](N)C(N)=O)cc1.COc1ccc(C[C@H](N)CN)cc1. The Kier molecular flexibility index (Phi) is 9.89. The highest BCUT2D eigenvalue weighted by atomic mass is 16.5. The summed E-state index contributed by atoms with van der Waals surface area (Å²) in [5.74, 6) is 1.16. The van der Waals surface area contributed by atoms with Crippen LogP contribution in [0, 0.1) is 0 Å². The van der Waals surface area contributed by atoms with Gasteiger partial charge in [-0.3, -0.25) is 4.79 Å². The van der Waals surface area contributed by atoms with E-state index in [0.717, 1.165) is 23.5 Å². The van der Waals surface area contributed by atoms with Crippen LogP contribution in [0.2, 0.25) is 0 Å². The Labute approximate surface area is 160 Å². The molecule has 8 N–H and O–H groups in total. The number of nitrogens with two attached hydrogens (primary N) is 4. The third-order valence-electron chi connectivity index (χ3n) is 3.94. The van der Waals surface area contributed by atoms with E-state index in [1.165, 1.54) is 5.56 Å². The topological polar surface area (TPSA) is 140 Å². The minimum Gasteiger partial charge on any atom is -0.497 e. The van der Waals surface area contributed by atoms with Gasteiger partial charge in [0, 0.05) is 12.6 Å². The maximum atomic E-state index is 10.7. The standard InChI is InChI=1S/C10H14N2O2.C10H16N2O/c1-14-8-4-2-7(3-5-8)6-9(11)10(12)13;1-13-10-4-2-8(3-5-10)6-9(12)7-11/h2-5,9H,6,11H2,1H3,(H2,12,13);2-5,9H,6-7,11-12H2,1H3/t2*9-/m00/s1. The fourth-order valence-corrected chi connectivity index (χ4v) is 2.26. The van der Waals surface area contributed by atoms with Crippen LogP contribution in [0.3, 0.4) is 0 Å². The molecule has 0 saturated heterocycles. The molecule has 0 unspecified atom stereocenters. The van der Waals surface area contributed by atoms with Crippen molar-refractivity contribution in [1.29, 1.82) is 0 Å². The van der Waals surface area contributed by atoms with Gasteiger partial charge in [0.05, 0.1) is 20.3 Å². The van der Waals surface area contributed by atoms with E-state index in [4.69, 9.17) is 32.4 Å². The van der Waals surface area contributed by atoms with Crippen LogP contribution in [0.4, 0.5) is 0 Å². The molecule has 27 heavy (non-hydrogen) atoms. The third kappa shape index (κ3) is 8.54. The molecule has 7 heteroatoms. The van der Waals surface area contributed by atoms with Gasteiger partial charge >= 0.3 is 0 Å². The number of ether oxygens (including phenoxy) is 2. The Balaban J connectivity index is 0.000000271. The van der Waals surface area contributed by atoms with Crippen molar-refractivity contribution in [3.05, 3.63) is 59.7 Å². The number of hydrogen-bond acceptors (Lipinski definition) is 6. The quantitative estimate of drug-likeness (QED) is 0.533. The van der Waals surface area contributed by atoms with Crippen LogP contribution >= 0.6 is 0 Å². The van der Waals surface area contributed by atoms with Gasteiger partial charge in [-0.05, 0) is 48.2 Å². The maximum Gasteiger partial charge on any atom is 0.234 e. The molecule has 0 aliphatic heterocycles. The van der Waals surface area contributed by atoms with Crippen molar-refractivity contribution in [2.24, 2.45) is 22.9 Å². The fourth-order valence-electron chi connectivity index (χ4n) is 2.26. The summed E-state index contributed by atoms with van der Waals surface area (Å²) in [7, 11) is 3.25. The van der Waals surface area contributed by atoms with E-state index in [1.807, 2.05) is 48.5 Å². The first-order chi connectivity index (χ1) is 12.9. The molecule has 0 heterocycles. The lowest BCUT2D eigenvalue weighted by Crippen LogP contribution is -2.38. The first kappa shape index (κ1) is 22.4. The lowest BCUT2D eigenvalue weighted by Gasteiger charge is -2.08. The second kappa shape index (κ2) is 11.9. The fraction of sp³-hybridized carbons (Fsp3) is 0.350. The van der Waals surface area contributed by atoms with Crippen LogP contribution in [0.5, 0.6) is 11.5 Å². The largest absolute Gasteiger partial charge is 0.497 e. The molecule has 1 amide bonds. The average Bonchev–Trinajstić information content (AvgIpc) is 2.69. The summed E-state index contributed by atoms with van der Waals surface area (Å²) in [4.78, 5) is 10.7. The van der Waals surface area contributed by atoms with Crippen LogP contribution in [0.15, 0.2) is 48.5 Å². The summed E-state index contributed by atoms with van der Waals surface area (Å²) >= 11 is 0. The summed E-state index contributed by atoms with van der Waals surface area (Å²) in [6.45, 7) is 0.520. The normalized spacial score (nSPS) is 12.3. The van der Waals surface area contributed by atoms with E-state index in [2.05, 4.69) is 0 Å². The molecule has 7 nitrogen and oxygen atoms in total. The van der Waals surface area contributed by atoms with Gasteiger partial charge in [0.15, 0.2) is 0 Å². The number of carbonyl (C=O) groups excluding carboxylic acids is 1. The number of benzene rings is 2. The van der Waals surface area contributed by atoms with Gasteiger partial charge in [0.25, 0.3) is 0 Å². The highest BCUT2D eigenvalue weighted by Crippen LogP contribution is 2.12. The molecule has 0 saturated carbocycles. The van der Waals surface area contributed by atoms with Gasteiger partial charge in [-0.15, -0.1) is 0 Å². The zero-order chi connectivity index (χ0) is 20.2. The number of carbonyl (C=O) groups is 1. The summed E-state index contributed by atoms with van der Waals surface area (Å²) in [6.07, 6.45) is 1.28. The van der Waals surface area contributed by atoms with Crippen LogP contribution < -0.4 is 32.4 Å². The monoisotopic (exact) mass is 374 g/mol. The molecule has 0 fully saturated rings. The molecule has 0 bridgehead atoms. The molecule has 0 spiro atoms. The van der Waals surface area contributed by atoms with Gasteiger partial charge < -0.3 is 32.4 Å². The Hall–Kier alpha value is -2.61. The Morgan fingerprint density at radius 2 is 1.26 bits per heavy atom. The lowest BCUT2D eigenvalue weighted by molar-refractivity contribution is -0.119. The minimum absolute atomic E-state index is 0.0494. The van der Waals surface area contributed by atoms with E-state index >= 15 is 0 Å². The summed E-state index contributed by atoms with van der Waals surface area (Å²) in [5.41, 5.74) is 23.9. The first-order valence-electron chi connectivity index (χ1n) is 8.66. The number of primary amides is 1. The highest BCUT2D eigenvalue weighted by Gasteiger charge is 2.09. The molecule has 2 atom stereocenters. The minimum atomic E-state index is -0.622. The molecule has 0 aromatic heterocycles. The molecule has 2 aromatic carbocycles. The third-order valence-corrected chi connectivity index (χ3v) is 3.94. The van der Waals surface area contributed by atoms with Gasteiger partial charge in [-0.25, -0.2) is 0 Å². The van der Waals surface area contributed by atoms with Crippen molar-refractivity contribution in [3.63, 3.8) is 0 Å².